The van der Waals surface area contributed by atoms with Gasteiger partial charge in [-0.05, 0) is 35.9 Å². The van der Waals surface area contributed by atoms with E-state index in [2.05, 4.69) is 21.2 Å². The Hall–Kier alpha value is -3.45. The predicted molar refractivity (Wildman–Crippen MR) is 149 cm³/mol. The van der Waals surface area contributed by atoms with Gasteiger partial charge in [-0.2, -0.15) is 0 Å². The van der Waals surface area contributed by atoms with Crippen LogP contribution in [0.4, 0.5) is 5.69 Å². The minimum Gasteiger partial charge on any atom is -0.449 e. The van der Waals surface area contributed by atoms with Crippen LogP contribution in [-0.2, 0) is 4.74 Å². The van der Waals surface area contributed by atoms with Gasteiger partial charge in [0.05, 0.1) is 26.7 Å². The highest BCUT2D eigenvalue weighted by Gasteiger charge is 2.33. The van der Waals surface area contributed by atoms with Crippen molar-refractivity contribution in [2.24, 2.45) is 0 Å². The Labute approximate surface area is 232 Å². The smallest absolute Gasteiger partial charge is 0.341 e. The summed E-state index contributed by atoms with van der Waals surface area (Å²) in [5, 5.41) is 3.26. The van der Waals surface area contributed by atoms with Crippen molar-refractivity contribution < 1.29 is 19.1 Å². The number of para-hydroxylation sites is 1. The first kappa shape index (κ1) is 26.6. The number of benzene rings is 4. The van der Waals surface area contributed by atoms with Crippen molar-refractivity contribution in [3.63, 3.8) is 0 Å². The highest BCUT2D eigenvalue weighted by Crippen LogP contribution is 2.32. The molecule has 0 aliphatic carbocycles. The van der Waals surface area contributed by atoms with Gasteiger partial charge in [-0.25, -0.2) is 4.79 Å². The number of anilines is 1. The van der Waals surface area contributed by atoms with Crippen LogP contribution in [-0.4, -0.2) is 23.8 Å². The molecule has 4 aromatic carbocycles. The van der Waals surface area contributed by atoms with Crippen molar-refractivity contribution in [2.45, 2.75) is 10.9 Å². The Kier molecular flexibility index (Phi) is 8.77. The van der Waals surface area contributed by atoms with Gasteiger partial charge in [-0.1, -0.05) is 112 Å². The molecule has 37 heavy (non-hydrogen) atoms. The van der Waals surface area contributed by atoms with Crippen LogP contribution >= 0.6 is 39.1 Å². The fourth-order valence-corrected chi connectivity index (χ4v) is 4.78. The normalized spacial score (nSPS) is 12.3. The van der Waals surface area contributed by atoms with Gasteiger partial charge in [0.25, 0.3) is 5.91 Å². The van der Waals surface area contributed by atoms with E-state index in [0.29, 0.717) is 10.6 Å². The van der Waals surface area contributed by atoms with E-state index < -0.39 is 22.8 Å². The van der Waals surface area contributed by atoms with E-state index in [9.17, 15) is 14.4 Å². The standard InChI is InChI=1S/C29H20BrCl2NO4/c30-25(18-9-3-1-4-10-18)27(26(34)19-11-5-2-6-12-19)37-29(36)22-13-7-8-14-24(22)33-28(35)21-16-15-20(31)17-23(21)32/h1-17,25,27H,(H,33,35)/t25-,27+/m1/s1. The van der Waals surface area contributed by atoms with Crippen molar-refractivity contribution in [2.75, 3.05) is 5.32 Å². The lowest BCUT2D eigenvalue weighted by molar-refractivity contribution is 0.0283. The summed E-state index contributed by atoms with van der Waals surface area (Å²) in [6.45, 7) is 0. The molecular formula is C29H20BrCl2NO4. The monoisotopic (exact) mass is 595 g/mol. The number of alkyl halides is 1. The van der Waals surface area contributed by atoms with E-state index >= 15 is 0 Å². The maximum Gasteiger partial charge on any atom is 0.341 e. The zero-order valence-electron chi connectivity index (χ0n) is 19.2. The van der Waals surface area contributed by atoms with Crippen molar-refractivity contribution in [1.82, 2.24) is 0 Å². The van der Waals surface area contributed by atoms with Crippen LogP contribution in [0.25, 0.3) is 0 Å². The average molecular weight is 597 g/mol. The topological polar surface area (TPSA) is 72.5 Å². The third kappa shape index (κ3) is 6.46. The summed E-state index contributed by atoms with van der Waals surface area (Å²) in [5.41, 5.74) is 1.65. The summed E-state index contributed by atoms with van der Waals surface area (Å²) >= 11 is 15.7. The van der Waals surface area contributed by atoms with Crippen LogP contribution in [0.3, 0.4) is 0 Å². The Morgan fingerprint density at radius 3 is 2.05 bits per heavy atom. The van der Waals surface area contributed by atoms with Crippen molar-refractivity contribution in [3.05, 3.63) is 135 Å². The molecule has 186 valence electrons. The number of ketones is 1. The second-order valence-corrected chi connectivity index (χ2v) is 9.82. The molecule has 5 nitrogen and oxygen atoms in total. The molecule has 2 atom stereocenters. The average Bonchev–Trinajstić information content (AvgIpc) is 2.92. The molecule has 0 fully saturated rings. The van der Waals surface area contributed by atoms with Gasteiger partial charge in [0.2, 0.25) is 5.78 Å². The molecular weight excluding hydrogens is 577 g/mol. The van der Waals surface area contributed by atoms with Gasteiger partial charge >= 0.3 is 5.97 Å². The van der Waals surface area contributed by atoms with Gasteiger partial charge in [0.1, 0.15) is 0 Å². The Morgan fingerprint density at radius 2 is 1.38 bits per heavy atom. The summed E-state index contributed by atoms with van der Waals surface area (Å²) in [6.07, 6.45) is -1.17. The first-order valence-electron chi connectivity index (χ1n) is 11.2. The highest BCUT2D eigenvalue weighted by molar-refractivity contribution is 9.09. The number of ether oxygens (including phenoxy) is 1. The summed E-state index contributed by atoms with van der Waals surface area (Å²) in [7, 11) is 0. The molecule has 4 rings (SSSR count). The summed E-state index contributed by atoms with van der Waals surface area (Å²) < 4.78 is 5.81. The number of Topliss-reactive ketones (excluding diaryl/α,β-unsaturated/α-hetero) is 1. The van der Waals surface area contributed by atoms with E-state index in [1.165, 1.54) is 18.2 Å². The molecule has 4 aromatic rings. The second kappa shape index (κ2) is 12.2. The van der Waals surface area contributed by atoms with E-state index in [-0.39, 0.29) is 27.6 Å². The number of nitrogens with one attached hydrogen (secondary N) is 1. The van der Waals surface area contributed by atoms with Crippen molar-refractivity contribution in [3.8, 4) is 0 Å². The number of hydrogen-bond acceptors (Lipinski definition) is 4. The number of rotatable bonds is 8. The van der Waals surface area contributed by atoms with Gasteiger partial charge in [0.15, 0.2) is 6.10 Å². The van der Waals surface area contributed by atoms with Crippen molar-refractivity contribution in [1.29, 1.82) is 0 Å². The number of amides is 1. The van der Waals surface area contributed by atoms with Crippen LogP contribution in [0.15, 0.2) is 103 Å². The fraction of sp³-hybridized carbons (Fsp3) is 0.0690. The molecule has 0 saturated heterocycles. The number of esters is 1. The lowest BCUT2D eigenvalue weighted by Crippen LogP contribution is -2.31. The predicted octanol–water partition coefficient (Wildman–Crippen LogP) is 7.79. The van der Waals surface area contributed by atoms with E-state index in [1.54, 1.807) is 54.6 Å². The molecule has 1 N–H and O–H groups in total. The summed E-state index contributed by atoms with van der Waals surface area (Å²) in [4.78, 5) is 39.1. The minimum atomic E-state index is -1.17. The Morgan fingerprint density at radius 1 is 0.757 bits per heavy atom. The van der Waals surface area contributed by atoms with E-state index in [1.807, 2.05) is 30.3 Å². The van der Waals surface area contributed by atoms with E-state index in [0.717, 1.165) is 5.56 Å². The second-order valence-electron chi connectivity index (χ2n) is 7.99. The summed E-state index contributed by atoms with van der Waals surface area (Å²) in [5.74, 6) is -1.66. The van der Waals surface area contributed by atoms with Crippen LogP contribution in [0.2, 0.25) is 10.0 Å². The quantitative estimate of drug-likeness (QED) is 0.128. The first-order valence-corrected chi connectivity index (χ1v) is 12.9. The Balaban J connectivity index is 1.62. The van der Waals surface area contributed by atoms with Gasteiger partial charge in [-0.3, -0.25) is 9.59 Å². The van der Waals surface area contributed by atoms with Crippen LogP contribution < -0.4 is 5.32 Å². The number of carbonyl (C=O) groups is 3. The van der Waals surface area contributed by atoms with Crippen LogP contribution in [0.5, 0.6) is 0 Å². The van der Waals surface area contributed by atoms with Crippen molar-refractivity contribution >= 4 is 62.5 Å². The first-order chi connectivity index (χ1) is 17.8. The SMILES string of the molecule is O=C(Nc1ccccc1C(=O)O[C@H](C(=O)c1ccccc1)[C@H](Br)c1ccccc1)c1ccc(Cl)cc1Cl. The largest absolute Gasteiger partial charge is 0.449 e. The molecule has 0 heterocycles. The third-order valence-electron chi connectivity index (χ3n) is 5.51. The molecule has 0 aliphatic rings. The molecule has 0 unspecified atom stereocenters. The van der Waals surface area contributed by atoms with E-state index in [4.69, 9.17) is 27.9 Å². The molecule has 0 aliphatic heterocycles. The lowest BCUT2D eigenvalue weighted by Gasteiger charge is -2.23. The molecule has 0 bridgehead atoms. The molecule has 0 radical (unpaired) electrons. The maximum absolute atomic E-state index is 13.4. The lowest BCUT2D eigenvalue weighted by atomic mass is 9.99. The maximum atomic E-state index is 13.4. The molecule has 1 amide bonds. The van der Waals surface area contributed by atoms with Crippen LogP contribution in [0, 0.1) is 0 Å². The summed E-state index contributed by atoms with van der Waals surface area (Å²) in [6, 6.07) is 28.7. The molecule has 0 aromatic heterocycles. The number of halogens is 3. The van der Waals surface area contributed by atoms with Crippen LogP contribution in [0.1, 0.15) is 41.5 Å². The zero-order valence-corrected chi connectivity index (χ0v) is 22.3. The highest BCUT2D eigenvalue weighted by atomic mass is 79.9. The van der Waals surface area contributed by atoms with Gasteiger partial charge in [0, 0.05) is 10.6 Å². The van der Waals surface area contributed by atoms with Gasteiger partial charge in [-0.15, -0.1) is 0 Å². The third-order valence-corrected chi connectivity index (χ3v) is 7.06. The number of carbonyl (C=O) groups excluding carboxylic acids is 3. The van der Waals surface area contributed by atoms with Gasteiger partial charge < -0.3 is 10.1 Å². The Bertz CT molecular complexity index is 1430. The molecule has 0 saturated carbocycles. The number of hydrogen-bond donors (Lipinski definition) is 1. The molecule has 8 heteroatoms. The minimum absolute atomic E-state index is 0.0829. The molecule has 0 spiro atoms. The zero-order chi connectivity index (χ0) is 26.4. The fourth-order valence-electron chi connectivity index (χ4n) is 3.64.